The van der Waals surface area contributed by atoms with E-state index in [1.54, 1.807) is 48.5 Å². The zero-order valence-electron chi connectivity index (χ0n) is 17.1. The van der Waals surface area contributed by atoms with Crippen LogP contribution >= 0.6 is 0 Å². The summed E-state index contributed by atoms with van der Waals surface area (Å²) in [6, 6.07) is 12.9. The van der Waals surface area contributed by atoms with Crippen molar-refractivity contribution >= 4 is 36.0 Å². The molecule has 2 aromatic rings. The number of carboxylic acids is 2. The van der Waals surface area contributed by atoms with Crippen molar-refractivity contribution in [1.29, 1.82) is 0 Å². The average molecular weight is 438 g/mol. The lowest BCUT2D eigenvalue weighted by Gasteiger charge is -2.06. The van der Waals surface area contributed by atoms with Gasteiger partial charge in [0.15, 0.2) is 0 Å². The summed E-state index contributed by atoms with van der Waals surface area (Å²) in [6.07, 6.45) is 5.83. The number of hydrogen-bond acceptors (Lipinski definition) is 6. The second-order valence-corrected chi connectivity index (χ2v) is 6.64. The Bertz CT molecular complexity index is 952. The highest BCUT2D eigenvalue weighted by Crippen LogP contribution is 2.17. The monoisotopic (exact) mass is 438 g/mol. The molecule has 0 aliphatic rings. The Morgan fingerprint density at radius 3 is 1.47 bits per heavy atom. The minimum atomic E-state index is -1.08. The number of carbonyl (C=O) groups is 4. The van der Waals surface area contributed by atoms with E-state index in [4.69, 9.17) is 19.7 Å². The number of unbranched alkanes of at least 4 members (excludes halogenated alkanes) is 1. The van der Waals surface area contributed by atoms with Gasteiger partial charge in [-0.15, -0.1) is 0 Å². The molecule has 8 heteroatoms. The first kappa shape index (κ1) is 24.1. The Labute approximate surface area is 184 Å². The predicted molar refractivity (Wildman–Crippen MR) is 116 cm³/mol. The van der Waals surface area contributed by atoms with Gasteiger partial charge in [-0.25, -0.2) is 9.59 Å². The molecule has 2 aromatic carbocycles. The average Bonchev–Trinajstić information content (AvgIpc) is 2.74. The van der Waals surface area contributed by atoms with Crippen LogP contribution in [0.2, 0.25) is 0 Å². The summed E-state index contributed by atoms with van der Waals surface area (Å²) in [6.45, 7) is 0. The van der Waals surface area contributed by atoms with Gasteiger partial charge in [-0.2, -0.15) is 0 Å². The molecule has 2 N–H and O–H groups in total. The molecule has 0 saturated carbocycles. The van der Waals surface area contributed by atoms with Crippen LogP contribution in [0.25, 0.3) is 12.2 Å². The number of aliphatic carboxylic acids is 2. The molecule has 0 radical (unpaired) electrons. The predicted octanol–water partition coefficient (Wildman–Crippen LogP) is 3.95. The topological polar surface area (TPSA) is 127 Å². The number of carboxylic acid groups (broad SMARTS) is 2. The molecule has 0 bridgehead atoms. The van der Waals surface area contributed by atoms with Gasteiger partial charge in [0.25, 0.3) is 0 Å². The number of esters is 2. The van der Waals surface area contributed by atoms with Gasteiger partial charge in [0.2, 0.25) is 0 Å². The van der Waals surface area contributed by atoms with E-state index in [0.717, 1.165) is 12.2 Å². The highest BCUT2D eigenvalue weighted by molar-refractivity contribution is 5.86. The summed E-state index contributed by atoms with van der Waals surface area (Å²) in [7, 11) is 0. The van der Waals surface area contributed by atoms with Gasteiger partial charge in [-0.3, -0.25) is 9.59 Å². The molecule has 0 aromatic heterocycles. The van der Waals surface area contributed by atoms with Gasteiger partial charge in [0.1, 0.15) is 11.5 Å². The Balaban J connectivity index is 1.73. The molecule has 0 aliphatic carbocycles. The molecule has 8 nitrogen and oxygen atoms in total. The van der Waals surface area contributed by atoms with Crippen LogP contribution in [0.5, 0.6) is 11.5 Å². The highest BCUT2D eigenvalue weighted by Gasteiger charge is 2.09. The van der Waals surface area contributed by atoms with Crippen molar-refractivity contribution in [2.24, 2.45) is 0 Å². The molecule has 32 heavy (non-hydrogen) atoms. The van der Waals surface area contributed by atoms with Crippen LogP contribution in [0, 0.1) is 0 Å². The van der Waals surface area contributed by atoms with Gasteiger partial charge >= 0.3 is 23.9 Å². The van der Waals surface area contributed by atoms with Crippen LogP contribution < -0.4 is 9.47 Å². The highest BCUT2D eigenvalue weighted by atomic mass is 16.5. The molecule has 166 valence electrons. The summed E-state index contributed by atoms with van der Waals surface area (Å²) >= 11 is 0. The van der Waals surface area contributed by atoms with Crippen molar-refractivity contribution in [3.05, 3.63) is 71.8 Å². The van der Waals surface area contributed by atoms with E-state index in [-0.39, 0.29) is 12.8 Å². The van der Waals surface area contributed by atoms with Gasteiger partial charge in [-0.1, -0.05) is 24.3 Å². The van der Waals surface area contributed by atoms with Gasteiger partial charge in [0.05, 0.1) is 0 Å². The van der Waals surface area contributed by atoms with E-state index >= 15 is 0 Å². The summed E-state index contributed by atoms with van der Waals surface area (Å²) in [5, 5.41) is 17.3. The second kappa shape index (κ2) is 12.5. The number of rotatable bonds is 11. The lowest BCUT2D eigenvalue weighted by molar-refractivity contribution is -0.136. The van der Waals surface area contributed by atoms with E-state index in [9.17, 15) is 19.2 Å². The van der Waals surface area contributed by atoms with Crippen LogP contribution in [0.3, 0.4) is 0 Å². The maximum atomic E-state index is 12.0. The van der Waals surface area contributed by atoms with Crippen LogP contribution in [0.4, 0.5) is 0 Å². The lowest BCUT2D eigenvalue weighted by atomic mass is 10.2. The van der Waals surface area contributed by atoms with E-state index in [0.29, 0.717) is 35.5 Å². The maximum Gasteiger partial charge on any atom is 0.328 e. The van der Waals surface area contributed by atoms with Gasteiger partial charge in [-0.05, 0) is 60.4 Å². The van der Waals surface area contributed by atoms with E-state index in [1.807, 2.05) is 0 Å². The second-order valence-electron chi connectivity index (χ2n) is 6.64. The largest absolute Gasteiger partial charge is 0.478 e. The number of ether oxygens (including phenoxy) is 2. The van der Waals surface area contributed by atoms with Crippen molar-refractivity contribution < 1.29 is 38.9 Å². The molecule has 0 atom stereocenters. The fourth-order valence-electron chi connectivity index (χ4n) is 2.60. The quantitative estimate of drug-likeness (QED) is 0.234. The summed E-state index contributed by atoms with van der Waals surface area (Å²) in [5.74, 6) is -2.47. The Morgan fingerprint density at radius 2 is 1.09 bits per heavy atom. The fraction of sp³-hybridized carbons (Fsp3) is 0.167. The summed E-state index contributed by atoms with van der Waals surface area (Å²) in [4.78, 5) is 45.1. The zero-order chi connectivity index (χ0) is 23.3. The Kier molecular flexibility index (Phi) is 9.39. The molecule has 0 amide bonds. The van der Waals surface area contributed by atoms with Crippen molar-refractivity contribution in [3.8, 4) is 11.5 Å². The lowest BCUT2D eigenvalue weighted by Crippen LogP contribution is -2.10. The third-order valence-electron chi connectivity index (χ3n) is 4.03. The standard InChI is InChI=1S/C24H22O8/c25-21(26)13-11-17-5-3-7-19(15-17)31-23(29)9-1-2-10-24(30)32-20-8-4-6-18(16-20)12-14-22(27)28/h3-8,11-16H,1-2,9-10H2,(H,25,26)(H,27,28). The smallest absolute Gasteiger partial charge is 0.328 e. The molecular formula is C24H22O8. The molecule has 0 heterocycles. The molecule has 0 spiro atoms. The molecule has 2 rings (SSSR count). The first-order valence-corrected chi connectivity index (χ1v) is 9.75. The van der Waals surface area contributed by atoms with Crippen LogP contribution in [0.15, 0.2) is 60.7 Å². The number of benzene rings is 2. The summed E-state index contributed by atoms with van der Waals surface area (Å²) < 4.78 is 10.5. The van der Waals surface area contributed by atoms with Gasteiger partial charge in [0, 0.05) is 25.0 Å². The van der Waals surface area contributed by atoms with Crippen molar-refractivity contribution in [3.63, 3.8) is 0 Å². The molecule has 0 unspecified atom stereocenters. The minimum Gasteiger partial charge on any atom is -0.478 e. The van der Waals surface area contributed by atoms with Gasteiger partial charge < -0.3 is 19.7 Å². The first-order chi connectivity index (χ1) is 15.3. The maximum absolute atomic E-state index is 12.0. The fourth-order valence-corrected chi connectivity index (χ4v) is 2.60. The Hall–Kier alpha value is -4.20. The minimum absolute atomic E-state index is 0.109. The normalized spacial score (nSPS) is 10.9. The third-order valence-corrected chi connectivity index (χ3v) is 4.03. The number of hydrogen-bond donors (Lipinski definition) is 2. The SMILES string of the molecule is O=C(O)C=Cc1cccc(OC(=O)CCCCC(=O)Oc2cccc(C=CC(=O)O)c2)c1. The summed E-state index contributed by atoms with van der Waals surface area (Å²) in [5.41, 5.74) is 1.17. The van der Waals surface area contributed by atoms with Crippen molar-refractivity contribution in [2.45, 2.75) is 25.7 Å². The van der Waals surface area contributed by atoms with Crippen LogP contribution in [0.1, 0.15) is 36.8 Å². The van der Waals surface area contributed by atoms with Crippen LogP contribution in [-0.4, -0.2) is 34.1 Å². The zero-order valence-corrected chi connectivity index (χ0v) is 17.1. The number of carbonyl (C=O) groups excluding carboxylic acids is 2. The van der Waals surface area contributed by atoms with Crippen molar-refractivity contribution in [1.82, 2.24) is 0 Å². The van der Waals surface area contributed by atoms with Crippen molar-refractivity contribution in [2.75, 3.05) is 0 Å². The molecule has 0 aliphatic heterocycles. The Morgan fingerprint density at radius 1 is 0.688 bits per heavy atom. The first-order valence-electron chi connectivity index (χ1n) is 9.75. The van der Waals surface area contributed by atoms with Crippen LogP contribution in [-0.2, 0) is 19.2 Å². The molecule has 0 fully saturated rings. The molecule has 0 saturated heterocycles. The van der Waals surface area contributed by atoms with E-state index in [2.05, 4.69) is 0 Å². The van der Waals surface area contributed by atoms with E-state index < -0.39 is 23.9 Å². The third kappa shape index (κ3) is 9.53. The van der Waals surface area contributed by atoms with E-state index in [1.165, 1.54) is 12.2 Å². The molecular weight excluding hydrogens is 416 g/mol.